The Labute approximate surface area is 213 Å². The Balaban J connectivity index is 1.18. The smallest absolute Gasteiger partial charge is 0.287 e. The third kappa shape index (κ3) is 3.62. The third-order valence-electron chi connectivity index (χ3n) is 6.95. The molecule has 1 unspecified atom stereocenters. The van der Waals surface area contributed by atoms with E-state index in [9.17, 15) is 33.2 Å². The van der Waals surface area contributed by atoms with Crippen molar-refractivity contribution >= 4 is 35.2 Å². The lowest BCUT2D eigenvalue weighted by molar-refractivity contribution is -0.136. The molecule has 10 nitrogen and oxygen atoms in total. The summed E-state index contributed by atoms with van der Waals surface area (Å²) in [6, 6.07) is 9.13. The molecule has 3 aromatic rings. The Hall–Kier alpha value is -4.93. The molecule has 0 saturated carbocycles. The monoisotopic (exact) mass is 515 g/mol. The molecule has 1 aliphatic carbocycles. The second kappa shape index (κ2) is 8.58. The summed E-state index contributed by atoms with van der Waals surface area (Å²) in [6.07, 6.45) is 0.278. The quantitative estimate of drug-likeness (QED) is 0.395. The van der Waals surface area contributed by atoms with E-state index in [-0.39, 0.29) is 65.3 Å². The predicted molar refractivity (Wildman–Crippen MR) is 126 cm³/mol. The summed E-state index contributed by atoms with van der Waals surface area (Å²) in [7, 11) is 0. The van der Waals surface area contributed by atoms with Crippen molar-refractivity contribution in [3.8, 4) is 0 Å². The lowest BCUT2D eigenvalue weighted by Gasteiger charge is -2.29. The van der Waals surface area contributed by atoms with E-state index >= 15 is 0 Å². The summed E-state index contributed by atoms with van der Waals surface area (Å²) in [5.41, 5.74) is 1.07. The van der Waals surface area contributed by atoms with Crippen LogP contribution in [0.2, 0.25) is 0 Å². The zero-order chi connectivity index (χ0) is 26.7. The minimum atomic E-state index is -0.833. The number of benzene rings is 2. The molecule has 1 aromatic heterocycles. The molecule has 38 heavy (non-hydrogen) atoms. The van der Waals surface area contributed by atoms with E-state index in [1.165, 1.54) is 29.2 Å². The number of halogens is 1. The van der Waals surface area contributed by atoms with E-state index in [4.69, 9.17) is 4.42 Å². The number of nitrogens with one attached hydrogen (secondary N) is 2. The molecule has 190 valence electrons. The van der Waals surface area contributed by atoms with Gasteiger partial charge in [0.25, 0.3) is 11.8 Å². The molecule has 1 saturated heterocycles. The minimum Gasteiger partial charge on any atom is -0.447 e. The van der Waals surface area contributed by atoms with Crippen LogP contribution in [0.5, 0.6) is 0 Å². The number of rotatable bonds is 4. The Morgan fingerprint density at radius 3 is 2.47 bits per heavy atom. The number of piperidine rings is 1. The first-order valence-electron chi connectivity index (χ1n) is 11.8. The van der Waals surface area contributed by atoms with Gasteiger partial charge in [-0.15, -0.1) is 0 Å². The van der Waals surface area contributed by atoms with E-state index in [1.54, 1.807) is 12.1 Å². The van der Waals surface area contributed by atoms with Crippen LogP contribution in [0.4, 0.5) is 4.39 Å². The van der Waals surface area contributed by atoms with Gasteiger partial charge in [0.1, 0.15) is 11.9 Å². The minimum absolute atomic E-state index is 0.0189. The van der Waals surface area contributed by atoms with Gasteiger partial charge >= 0.3 is 0 Å². The molecule has 2 aliphatic heterocycles. The maximum Gasteiger partial charge on any atom is 0.287 e. The first-order chi connectivity index (χ1) is 18.2. The number of amides is 4. The first-order valence-corrected chi connectivity index (χ1v) is 11.8. The molecule has 0 radical (unpaired) electrons. The number of ketones is 2. The summed E-state index contributed by atoms with van der Waals surface area (Å²) in [5, 5.41) is 4.72. The van der Waals surface area contributed by atoms with Crippen LogP contribution >= 0.6 is 0 Å². The van der Waals surface area contributed by atoms with E-state index in [0.29, 0.717) is 5.56 Å². The molecule has 0 spiro atoms. The van der Waals surface area contributed by atoms with Crippen molar-refractivity contribution < 1.29 is 37.6 Å². The fourth-order valence-electron chi connectivity index (χ4n) is 5.03. The largest absolute Gasteiger partial charge is 0.447 e. The Bertz CT molecular complexity index is 1570. The number of nitrogens with zero attached hydrogens (tertiary/aromatic N) is 1. The van der Waals surface area contributed by atoms with Crippen LogP contribution in [0.3, 0.4) is 0 Å². The Kier molecular flexibility index (Phi) is 5.30. The predicted octanol–water partition coefficient (Wildman–Crippen LogP) is 1.89. The van der Waals surface area contributed by atoms with E-state index < -0.39 is 47.1 Å². The highest BCUT2D eigenvalue weighted by Crippen LogP contribution is 2.31. The summed E-state index contributed by atoms with van der Waals surface area (Å²) in [6.45, 7) is -0.213. The van der Waals surface area contributed by atoms with E-state index in [1.807, 2.05) is 0 Å². The van der Waals surface area contributed by atoms with Gasteiger partial charge in [-0.05, 0) is 24.1 Å². The molecule has 2 N–H and O–H groups in total. The summed E-state index contributed by atoms with van der Waals surface area (Å²) in [4.78, 5) is 76.0. The molecule has 4 amide bonds. The normalized spacial score (nSPS) is 18.2. The lowest BCUT2D eigenvalue weighted by Crippen LogP contribution is -2.52. The maximum atomic E-state index is 14.8. The second-order valence-corrected chi connectivity index (χ2v) is 9.24. The average Bonchev–Trinajstić information content (AvgIpc) is 3.48. The zero-order valence-corrected chi connectivity index (χ0v) is 19.6. The van der Waals surface area contributed by atoms with Gasteiger partial charge < -0.3 is 14.6 Å². The molecule has 0 bridgehead atoms. The van der Waals surface area contributed by atoms with Gasteiger partial charge in [0.2, 0.25) is 17.6 Å². The number of hydrogen-bond donors (Lipinski definition) is 2. The summed E-state index contributed by atoms with van der Waals surface area (Å²) < 4.78 is 20.3. The standard InChI is InChI=1S/C27H18FN3O7/c28-18-8-16-13(11-31(27(16)37)19-5-6-21(32)30-25(19)35)7-12(18)10-29-26(36)20-9-17-22(33)14-3-1-2-4-15(14)23(34)24(17)38-20/h1-4,7-9,19H,5-6,10-11H2,(H,29,36)(H,30,32,35). The van der Waals surface area contributed by atoms with Gasteiger partial charge in [0.05, 0.1) is 5.56 Å². The molecule has 2 aromatic carbocycles. The first kappa shape index (κ1) is 23.5. The number of carbonyl (C=O) groups excluding carboxylic acids is 6. The van der Waals surface area contributed by atoms with E-state index in [0.717, 1.165) is 6.07 Å². The van der Waals surface area contributed by atoms with Crippen molar-refractivity contribution in [2.45, 2.75) is 32.0 Å². The van der Waals surface area contributed by atoms with Crippen LogP contribution in [0.1, 0.15) is 76.9 Å². The van der Waals surface area contributed by atoms with Crippen LogP contribution < -0.4 is 10.6 Å². The molecule has 1 atom stereocenters. The fourth-order valence-corrected chi connectivity index (χ4v) is 5.03. The molecule has 6 rings (SSSR count). The SMILES string of the molecule is O=C1CCC(N2Cc3cc(CNC(=O)c4cc5c(o4)C(=O)c4ccccc4C5=O)c(F)cc3C2=O)C(=O)N1. The highest BCUT2D eigenvalue weighted by Gasteiger charge is 2.40. The number of fused-ring (bicyclic) bond motifs is 3. The van der Waals surface area contributed by atoms with Crippen LogP contribution in [0.25, 0.3) is 0 Å². The molecular formula is C27H18FN3O7. The van der Waals surface area contributed by atoms with Crippen molar-refractivity contribution in [2.75, 3.05) is 0 Å². The molecule has 3 aliphatic rings. The highest BCUT2D eigenvalue weighted by molar-refractivity contribution is 6.27. The van der Waals surface area contributed by atoms with Gasteiger partial charge in [0.15, 0.2) is 17.3 Å². The highest BCUT2D eigenvalue weighted by atomic mass is 19.1. The number of carbonyl (C=O) groups is 6. The van der Waals surface area contributed by atoms with Gasteiger partial charge in [-0.1, -0.05) is 24.3 Å². The summed E-state index contributed by atoms with van der Waals surface area (Å²) >= 11 is 0. The second-order valence-electron chi connectivity index (χ2n) is 9.24. The van der Waals surface area contributed by atoms with Gasteiger partial charge in [-0.3, -0.25) is 34.1 Å². The lowest BCUT2D eigenvalue weighted by atomic mass is 9.89. The topological polar surface area (TPSA) is 143 Å². The van der Waals surface area contributed by atoms with Crippen LogP contribution in [-0.4, -0.2) is 46.1 Å². The summed E-state index contributed by atoms with van der Waals surface area (Å²) in [5.74, 6) is -4.43. The fraction of sp³-hybridized carbons (Fsp3) is 0.185. The van der Waals surface area contributed by atoms with Gasteiger partial charge in [-0.25, -0.2) is 4.39 Å². The van der Waals surface area contributed by atoms with Crippen molar-refractivity contribution in [1.82, 2.24) is 15.5 Å². The van der Waals surface area contributed by atoms with Crippen LogP contribution in [0, 0.1) is 5.82 Å². The van der Waals surface area contributed by atoms with Gasteiger partial charge in [-0.2, -0.15) is 0 Å². The number of hydrogen-bond acceptors (Lipinski definition) is 7. The zero-order valence-electron chi connectivity index (χ0n) is 19.6. The number of imide groups is 1. The van der Waals surface area contributed by atoms with E-state index in [2.05, 4.69) is 10.6 Å². The average molecular weight is 515 g/mol. The third-order valence-corrected chi connectivity index (χ3v) is 6.95. The van der Waals surface area contributed by atoms with Crippen molar-refractivity contribution in [3.63, 3.8) is 0 Å². The molecule has 3 heterocycles. The molecular weight excluding hydrogens is 497 g/mol. The van der Waals surface area contributed by atoms with Crippen LogP contribution in [0.15, 0.2) is 46.9 Å². The Morgan fingerprint density at radius 1 is 1.00 bits per heavy atom. The van der Waals surface area contributed by atoms with Crippen LogP contribution in [-0.2, 0) is 22.7 Å². The van der Waals surface area contributed by atoms with Crippen molar-refractivity contribution in [3.05, 3.63) is 93.2 Å². The maximum absolute atomic E-state index is 14.8. The van der Waals surface area contributed by atoms with Gasteiger partial charge in [0, 0.05) is 47.8 Å². The van der Waals surface area contributed by atoms with Crippen molar-refractivity contribution in [1.29, 1.82) is 0 Å². The van der Waals surface area contributed by atoms with Crippen molar-refractivity contribution in [2.24, 2.45) is 0 Å². The Morgan fingerprint density at radius 2 is 1.74 bits per heavy atom. The number of furan rings is 1. The molecule has 1 fully saturated rings. The molecule has 11 heteroatoms.